The minimum Gasteiger partial charge on any atom is -0.421 e. The fourth-order valence-electron chi connectivity index (χ4n) is 4.71. The molecular weight excluding hydrogens is 528 g/mol. The third kappa shape index (κ3) is 7.74. The van der Waals surface area contributed by atoms with Crippen molar-refractivity contribution in [1.29, 1.82) is 0 Å². The molecule has 222 valence electrons. The van der Waals surface area contributed by atoms with Gasteiger partial charge >= 0.3 is 6.01 Å². The lowest BCUT2D eigenvalue weighted by Crippen LogP contribution is -2.47. The van der Waals surface area contributed by atoms with E-state index in [9.17, 15) is 9.50 Å². The number of halogens is 2. The fourth-order valence-corrected chi connectivity index (χ4v) is 4.71. The summed E-state index contributed by atoms with van der Waals surface area (Å²) in [7, 11) is 1.89. The highest BCUT2D eigenvalue weighted by molar-refractivity contribution is 5.83. The van der Waals surface area contributed by atoms with E-state index in [1.165, 1.54) is 12.5 Å². The molecule has 2 aliphatic rings. The molecule has 1 aromatic carbocycles. The zero-order valence-electron chi connectivity index (χ0n) is 24.4. The van der Waals surface area contributed by atoms with E-state index in [0.29, 0.717) is 48.6 Å². The molecule has 1 saturated heterocycles. The molecule has 4 N–H and O–H groups in total. The molecule has 11 heteroatoms. The Kier molecular flexibility index (Phi) is 10.2. The molecule has 1 saturated carbocycles. The number of hydrogen-bond donors (Lipinski definition) is 4. The molecule has 41 heavy (non-hydrogen) atoms. The van der Waals surface area contributed by atoms with Gasteiger partial charge in [-0.05, 0) is 37.8 Å². The number of aryl methyl sites for hydroxylation is 1. The van der Waals surface area contributed by atoms with E-state index >= 15 is 4.39 Å². The third-order valence-electron chi connectivity index (χ3n) is 6.83. The molecule has 2 fully saturated rings. The Balaban J connectivity index is 0.00000124. The number of nitrogens with zero attached hydrogens (tertiary/aromatic N) is 4. The molecule has 5 rings (SSSR count). The quantitative estimate of drug-likeness (QED) is 0.244. The average Bonchev–Trinajstić information content (AvgIpc) is 3.71. The number of aliphatic hydroxyl groups is 1. The van der Waals surface area contributed by atoms with Crippen LogP contribution in [-0.2, 0) is 0 Å². The highest BCUT2D eigenvalue weighted by Crippen LogP contribution is 2.36. The number of ether oxygens (including phenoxy) is 1. The second-order valence-corrected chi connectivity index (χ2v) is 10.4. The average molecular weight is 570 g/mol. The van der Waals surface area contributed by atoms with E-state index < -0.39 is 11.6 Å². The Morgan fingerprint density at radius 3 is 2.51 bits per heavy atom. The van der Waals surface area contributed by atoms with Crippen LogP contribution in [0.5, 0.6) is 11.8 Å². The number of piperazine rings is 1. The molecule has 0 radical (unpaired) electrons. The summed E-state index contributed by atoms with van der Waals surface area (Å²) in [6, 6.07) is 4.22. The number of hydrogen-bond acceptors (Lipinski definition) is 8. The molecule has 0 amide bonds. The van der Waals surface area contributed by atoms with Crippen LogP contribution in [0.3, 0.4) is 0 Å². The topological polar surface area (TPSA) is 102 Å². The van der Waals surface area contributed by atoms with E-state index in [1.807, 2.05) is 13.1 Å². The van der Waals surface area contributed by atoms with Crippen LogP contribution in [0.1, 0.15) is 38.8 Å². The van der Waals surface area contributed by atoms with Crippen molar-refractivity contribution in [3.63, 3.8) is 0 Å². The predicted molar refractivity (Wildman–Crippen MR) is 159 cm³/mol. The van der Waals surface area contributed by atoms with Gasteiger partial charge in [0.1, 0.15) is 11.6 Å². The van der Waals surface area contributed by atoms with Crippen molar-refractivity contribution in [1.82, 2.24) is 25.2 Å². The first-order valence-corrected chi connectivity index (χ1v) is 14.2. The molecule has 3 heterocycles. The molecule has 0 spiro atoms. The van der Waals surface area contributed by atoms with E-state index in [0.717, 1.165) is 37.7 Å². The van der Waals surface area contributed by atoms with Crippen molar-refractivity contribution < 1.29 is 18.6 Å². The number of aliphatic hydroxyl groups excluding tert-OH is 1. The second kappa shape index (κ2) is 13.8. The Labute approximate surface area is 240 Å². The van der Waals surface area contributed by atoms with Crippen LogP contribution in [0.25, 0.3) is 10.9 Å². The number of anilines is 2. The standard InChI is InChI=1S/C27H33F2N7O2.C3H8/c1-16-12-19-25(29)22(14-20(28)26(19)32-16)38-27-33-23(31-17(2)13-21(30-3)18-4-5-18)15-24(34-27)36-8-6-35(7-9-36)10-11-37;1-3-2/h12-15,18,30,32,37H,2,4-11H2,1,3H3,(H,31,33,34);3H2,1-2H3/b21-13-;. The van der Waals surface area contributed by atoms with Crippen LogP contribution in [0.4, 0.5) is 20.4 Å². The molecule has 1 aliphatic heterocycles. The van der Waals surface area contributed by atoms with Gasteiger partial charge in [0.15, 0.2) is 17.4 Å². The van der Waals surface area contributed by atoms with Gasteiger partial charge in [0.2, 0.25) is 0 Å². The smallest absolute Gasteiger partial charge is 0.326 e. The minimum atomic E-state index is -0.692. The maximum atomic E-state index is 15.2. The summed E-state index contributed by atoms with van der Waals surface area (Å²) in [4.78, 5) is 16.0. The molecule has 9 nitrogen and oxygen atoms in total. The third-order valence-corrected chi connectivity index (χ3v) is 6.83. The monoisotopic (exact) mass is 569 g/mol. The van der Waals surface area contributed by atoms with Gasteiger partial charge in [-0.1, -0.05) is 26.8 Å². The predicted octanol–water partition coefficient (Wildman–Crippen LogP) is 5.31. The number of aromatic nitrogens is 3. The molecule has 2 aromatic heterocycles. The normalized spacial score (nSPS) is 15.9. The summed E-state index contributed by atoms with van der Waals surface area (Å²) in [5.74, 6) is -0.0871. The second-order valence-electron chi connectivity index (χ2n) is 10.4. The molecular formula is C30H41F2N7O2. The number of fused-ring (bicyclic) bond motifs is 1. The lowest BCUT2D eigenvalue weighted by Gasteiger charge is -2.35. The van der Waals surface area contributed by atoms with Crippen molar-refractivity contribution >= 4 is 22.5 Å². The minimum absolute atomic E-state index is 0.0872. The lowest BCUT2D eigenvalue weighted by molar-refractivity contribution is 0.188. The van der Waals surface area contributed by atoms with Gasteiger partial charge < -0.3 is 30.4 Å². The molecule has 3 aromatic rings. The van der Waals surface area contributed by atoms with Crippen molar-refractivity contribution in [2.45, 2.75) is 40.0 Å². The fraction of sp³-hybridized carbons (Fsp3) is 0.467. The molecule has 1 aliphatic carbocycles. The Morgan fingerprint density at radius 2 is 1.88 bits per heavy atom. The van der Waals surface area contributed by atoms with Gasteiger partial charge in [0, 0.05) is 74.4 Å². The Hall–Kier alpha value is -3.70. The first kappa shape index (κ1) is 30.3. The van der Waals surface area contributed by atoms with Crippen LogP contribution in [0.15, 0.2) is 42.2 Å². The number of benzene rings is 1. The summed E-state index contributed by atoms with van der Waals surface area (Å²) in [6.45, 7) is 13.7. The number of allylic oxidation sites excluding steroid dienone is 2. The number of nitrogens with one attached hydrogen (secondary N) is 3. The Morgan fingerprint density at radius 1 is 1.17 bits per heavy atom. The zero-order chi connectivity index (χ0) is 29.5. The largest absolute Gasteiger partial charge is 0.421 e. The van der Waals surface area contributed by atoms with Crippen LogP contribution >= 0.6 is 0 Å². The number of rotatable bonds is 10. The van der Waals surface area contributed by atoms with Crippen molar-refractivity contribution in [2.75, 3.05) is 56.6 Å². The van der Waals surface area contributed by atoms with Gasteiger partial charge in [-0.2, -0.15) is 9.97 Å². The van der Waals surface area contributed by atoms with E-state index in [2.05, 4.69) is 55.8 Å². The summed E-state index contributed by atoms with van der Waals surface area (Å²) < 4.78 is 35.7. The van der Waals surface area contributed by atoms with Crippen LogP contribution in [0.2, 0.25) is 0 Å². The number of aromatic amines is 1. The van der Waals surface area contributed by atoms with Gasteiger partial charge in [-0.3, -0.25) is 4.90 Å². The Bertz CT molecular complexity index is 1380. The summed E-state index contributed by atoms with van der Waals surface area (Å²) >= 11 is 0. The summed E-state index contributed by atoms with van der Waals surface area (Å²) in [5, 5.41) is 15.8. The van der Waals surface area contributed by atoms with Gasteiger partial charge in [-0.15, -0.1) is 0 Å². The SMILES string of the molecule is C=C(/C=C(\NC)C1CC1)Nc1cc(N2CCN(CCO)CC2)nc(Oc2cc(F)c3[nH]c(C)cc3c2F)n1.CCC. The summed E-state index contributed by atoms with van der Waals surface area (Å²) in [6.07, 6.45) is 5.49. The van der Waals surface area contributed by atoms with Crippen LogP contribution in [0, 0.1) is 24.5 Å². The molecule has 0 bridgehead atoms. The van der Waals surface area contributed by atoms with Crippen molar-refractivity contribution in [3.8, 4) is 11.8 Å². The maximum Gasteiger partial charge on any atom is 0.326 e. The lowest BCUT2D eigenvalue weighted by atomic mass is 10.2. The summed E-state index contributed by atoms with van der Waals surface area (Å²) in [5.41, 5.74) is 2.45. The molecule has 0 unspecified atom stereocenters. The van der Waals surface area contributed by atoms with Crippen LogP contribution in [-0.4, -0.2) is 71.3 Å². The van der Waals surface area contributed by atoms with E-state index in [1.54, 1.807) is 13.0 Å². The highest BCUT2D eigenvalue weighted by Gasteiger charge is 2.25. The van der Waals surface area contributed by atoms with Gasteiger partial charge in [0.25, 0.3) is 0 Å². The first-order chi connectivity index (χ1) is 19.8. The number of H-pyrrole nitrogens is 1. The maximum absolute atomic E-state index is 15.2. The van der Waals surface area contributed by atoms with E-state index in [4.69, 9.17) is 4.74 Å². The molecule has 0 atom stereocenters. The highest BCUT2D eigenvalue weighted by atomic mass is 19.1. The first-order valence-electron chi connectivity index (χ1n) is 14.2. The zero-order valence-corrected chi connectivity index (χ0v) is 24.4. The van der Waals surface area contributed by atoms with Gasteiger partial charge in [-0.25, -0.2) is 8.78 Å². The number of β-amino-alcohol motifs (C(OH)–C–C–N with tert-alkyl or cyclic N) is 1. The van der Waals surface area contributed by atoms with E-state index in [-0.39, 0.29) is 29.3 Å². The van der Waals surface area contributed by atoms with Crippen LogP contribution < -0.4 is 20.3 Å². The van der Waals surface area contributed by atoms with Crippen molar-refractivity contribution in [3.05, 3.63) is 59.6 Å². The van der Waals surface area contributed by atoms with Crippen molar-refractivity contribution in [2.24, 2.45) is 5.92 Å². The van der Waals surface area contributed by atoms with Gasteiger partial charge in [0.05, 0.1) is 12.1 Å².